The lowest BCUT2D eigenvalue weighted by atomic mass is 9.97. The lowest BCUT2D eigenvalue weighted by molar-refractivity contribution is -0.143. The lowest BCUT2D eigenvalue weighted by Crippen LogP contribution is -2.36. The van der Waals surface area contributed by atoms with Gasteiger partial charge in [0.1, 0.15) is 11.4 Å². The molecule has 0 spiro atoms. The number of hydrogen-bond acceptors (Lipinski definition) is 7. The fourth-order valence-electron chi connectivity index (χ4n) is 3.14. The van der Waals surface area contributed by atoms with Crippen LogP contribution in [0.3, 0.4) is 0 Å². The summed E-state index contributed by atoms with van der Waals surface area (Å²) in [6, 6.07) is 10.1. The topological polar surface area (TPSA) is 135 Å². The Bertz CT molecular complexity index is 1080. The highest BCUT2D eigenvalue weighted by atomic mass is 16.5. The van der Waals surface area contributed by atoms with Gasteiger partial charge in [0.15, 0.2) is 17.2 Å². The third-order valence-electron chi connectivity index (χ3n) is 4.76. The minimum absolute atomic E-state index is 0.114. The van der Waals surface area contributed by atoms with E-state index in [-0.39, 0.29) is 17.8 Å². The zero-order chi connectivity index (χ0) is 19.9. The Morgan fingerprint density at radius 3 is 2.79 bits per heavy atom. The van der Waals surface area contributed by atoms with Gasteiger partial charge in [-0.3, -0.25) is 9.59 Å². The first-order chi connectivity index (χ1) is 13.4. The van der Waals surface area contributed by atoms with Gasteiger partial charge in [0, 0.05) is 43.4 Å². The maximum Gasteiger partial charge on any atom is 0.267 e. The number of amides is 2. The molecule has 142 valence electrons. The van der Waals surface area contributed by atoms with Crippen molar-refractivity contribution in [2.75, 3.05) is 13.6 Å². The van der Waals surface area contributed by atoms with Crippen LogP contribution in [0.25, 0.3) is 22.7 Å². The van der Waals surface area contributed by atoms with Gasteiger partial charge in [0.05, 0.1) is 0 Å². The summed E-state index contributed by atoms with van der Waals surface area (Å²) in [7, 11) is 1.63. The zero-order valence-electron chi connectivity index (χ0n) is 15.0. The molecule has 1 aromatic carbocycles. The van der Waals surface area contributed by atoms with E-state index >= 15 is 0 Å². The van der Waals surface area contributed by atoms with Crippen molar-refractivity contribution in [1.29, 1.82) is 0 Å². The minimum Gasteiger partial charge on any atom is -0.374 e. The fraction of sp³-hybridized carbons (Fsp3) is 0.211. The zero-order valence-corrected chi connectivity index (χ0v) is 15.0. The standard InChI is InChI=1S/C19H17N5O4/c1-24-8-6-19(27,18(24)26)15-10-14(28-23-15)11-3-2-4-12(9-11)17-21-7-5-13(22-17)16(20)25/h2-5,7,9-10,27H,6,8H2,1H3,(H2,20,25)/t19-/m0/s1. The van der Waals surface area contributed by atoms with E-state index in [0.717, 1.165) is 0 Å². The summed E-state index contributed by atoms with van der Waals surface area (Å²) in [6.45, 7) is 0.445. The van der Waals surface area contributed by atoms with Crippen LogP contribution in [0.4, 0.5) is 0 Å². The lowest BCUT2D eigenvalue weighted by Gasteiger charge is -2.16. The van der Waals surface area contributed by atoms with Crippen molar-refractivity contribution in [3.63, 3.8) is 0 Å². The van der Waals surface area contributed by atoms with Crippen molar-refractivity contribution >= 4 is 11.8 Å². The number of likely N-dealkylation sites (tertiary alicyclic amines) is 1. The minimum atomic E-state index is -1.67. The van der Waals surface area contributed by atoms with Crippen LogP contribution in [-0.2, 0) is 10.4 Å². The van der Waals surface area contributed by atoms with Gasteiger partial charge < -0.3 is 20.3 Å². The summed E-state index contributed by atoms with van der Waals surface area (Å²) in [4.78, 5) is 33.4. The molecule has 2 aromatic heterocycles. The number of benzene rings is 1. The van der Waals surface area contributed by atoms with Crippen molar-refractivity contribution in [1.82, 2.24) is 20.0 Å². The van der Waals surface area contributed by atoms with E-state index in [0.29, 0.717) is 29.3 Å². The Balaban J connectivity index is 1.68. The smallest absolute Gasteiger partial charge is 0.267 e. The molecule has 2 amide bonds. The second kappa shape index (κ2) is 6.54. The molecule has 0 bridgehead atoms. The highest BCUT2D eigenvalue weighted by molar-refractivity contribution is 5.91. The van der Waals surface area contributed by atoms with E-state index in [4.69, 9.17) is 10.3 Å². The number of carbonyl (C=O) groups is 2. The van der Waals surface area contributed by atoms with Gasteiger partial charge in [-0.05, 0) is 12.1 Å². The quantitative estimate of drug-likeness (QED) is 0.689. The number of carbonyl (C=O) groups excluding carboxylic acids is 2. The molecule has 0 radical (unpaired) electrons. The van der Waals surface area contributed by atoms with E-state index in [2.05, 4.69) is 15.1 Å². The summed E-state index contributed by atoms with van der Waals surface area (Å²) in [6.07, 6.45) is 1.71. The number of aromatic nitrogens is 3. The first kappa shape index (κ1) is 17.8. The Labute approximate surface area is 159 Å². The number of nitrogens with zero attached hydrogens (tertiary/aromatic N) is 4. The van der Waals surface area contributed by atoms with Gasteiger partial charge in [-0.15, -0.1) is 0 Å². The van der Waals surface area contributed by atoms with Gasteiger partial charge in [0.2, 0.25) is 0 Å². The second-order valence-electron chi connectivity index (χ2n) is 6.62. The molecule has 0 unspecified atom stereocenters. The summed E-state index contributed by atoms with van der Waals surface area (Å²) in [5.41, 5.74) is 5.19. The first-order valence-electron chi connectivity index (χ1n) is 8.57. The Morgan fingerprint density at radius 1 is 1.29 bits per heavy atom. The molecule has 9 nitrogen and oxygen atoms in total. The van der Waals surface area contributed by atoms with Crippen LogP contribution >= 0.6 is 0 Å². The van der Waals surface area contributed by atoms with Gasteiger partial charge in [-0.2, -0.15) is 0 Å². The fourth-order valence-corrected chi connectivity index (χ4v) is 3.14. The maximum absolute atomic E-state index is 12.2. The normalized spacial score (nSPS) is 19.2. The van der Waals surface area contributed by atoms with Crippen LogP contribution in [-0.4, -0.2) is 50.5 Å². The van der Waals surface area contributed by atoms with Crippen LogP contribution in [0, 0.1) is 0 Å². The molecular formula is C19H17N5O4. The number of primary amides is 1. The van der Waals surface area contributed by atoms with Crippen molar-refractivity contribution in [2.24, 2.45) is 5.73 Å². The Hall–Kier alpha value is -3.59. The number of likely N-dealkylation sites (N-methyl/N-ethyl adjacent to an activating group) is 1. The summed E-state index contributed by atoms with van der Waals surface area (Å²) >= 11 is 0. The SMILES string of the molecule is CN1CC[C@](O)(c2cc(-c3cccc(-c4nccc(C(N)=O)n4)c3)on2)C1=O. The van der Waals surface area contributed by atoms with Gasteiger partial charge >= 0.3 is 0 Å². The predicted molar refractivity (Wildman–Crippen MR) is 97.6 cm³/mol. The second-order valence-corrected chi connectivity index (χ2v) is 6.62. The van der Waals surface area contributed by atoms with E-state index in [9.17, 15) is 14.7 Å². The van der Waals surface area contributed by atoms with Crippen molar-refractivity contribution < 1.29 is 19.2 Å². The highest BCUT2D eigenvalue weighted by Crippen LogP contribution is 2.34. The van der Waals surface area contributed by atoms with E-state index in [1.54, 1.807) is 37.4 Å². The molecule has 28 heavy (non-hydrogen) atoms. The van der Waals surface area contributed by atoms with E-state index < -0.39 is 17.4 Å². The molecular weight excluding hydrogens is 362 g/mol. The first-order valence-corrected chi connectivity index (χ1v) is 8.57. The molecule has 0 aliphatic carbocycles. The molecule has 3 N–H and O–H groups in total. The summed E-state index contributed by atoms with van der Waals surface area (Å²) in [5.74, 6) is -0.320. The van der Waals surface area contributed by atoms with Crippen molar-refractivity contribution in [3.8, 4) is 22.7 Å². The maximum atomic E-state index is 12.2. The molecule has 3 heterocycles. The number of rotatable bonds is 4. The molecule has 9 heteroatoms. The largest absolute Gasteiger partial charge is 0.374 e. The predicted octanol–water partition coefficient (Wildman–Crippen LogP) is 0.947. The van der Waals surface area contributed by atoms with Gasteiger partial charge in [-0.1, -0.05) is 23.4 Å². The average Bonchev–Trinajstić information content (AvgIpc) is 3.31. The summed E-state index contributed by atoms with van der Waals surface area (Å²) < 4.78 is 5.37. The van der Waals surface area contributed by atoms with E-state index in [1.807, 2.05) is 0 Å². The van der Waals surface area contributed by atoms with Crippen molar-refractivity contribution in [2.45, 2.75) is 12.0 Å². The number of nitrogens with two attached hydrogens (primary N) is 1. The summed E-state index contributed by atoms with van der Waals surface area (Å²) in [5, 5.41) is 14.6. The molecule has 4 rings (SSSR count). The molecule has 1 aliphatic rings. The van der Waals surface area contributed by atoms with Gasteiger partial charge in [-0.25, -0.2) is 9.97 Å². The van der Waals surface area contributed by atoms with Crippen LogP contribution < -0.4 is 5.73 Å². The highest BCUT2D eigenvalue weighted by Gasteiger charge is 2.47. The van der Waals surface area contributed by atoms with Crippen LogP contribution in [0.2, 0.25) is 0 Å². The van der Waals surface area contributed by atoms with Crippen LogP contribution in [0.1, 0.15) is 22.6 Å². The Kier molecular flexibility index (Phi) is 4.16. The van der Waals surface area contributed by atoms with Crippen LogP contribution in [0.5, 0.6) is 0 Å². The number of aliphatic hydroxyl groups is 1. The third kappa shape index (κ3) is 2.91. The monoisotopic (exact) mass is 379 g/mol. The molecule has 1 aliphatic heterocycles. The average molecular weight is 379 g/mol. The van der Waals surface area contributed by atoms with E-state index in [1.165, 1.54) is 17.2 Å². The third-order valence-corrected chi connectivity index (χ3v) is 4.76. The molecule has 3 aromatic rings. The Morgan fingerprint density at radius 2 is 2.07 bits per heavy atom. The van der Waals surface area contributed by atoms with Gasteiger partial charge in [0.25, 0.3) is 11.8 Å². The molecule has 1 saturated heterocycles. The van der Waals surface area contributed by atoms with Crippen LogP contribution in [0.15, 0.2) is 47.1 Å². The molecule has 1 fully saturated rings. The molecule has 1 atom stereocenters. The van der Waals surface area contributed by atoms with Crippen molar-refractivity contribution in [3.05, 3.63) is 54.0 Å². The number of hydrogen-bond donors (Lipinski definition) is 2. The molecule has 0 saturated carbocycles.